The molecular weight excluding hydrogens is 523 g/mol. The molecule has 0 aliphatic heterocycles. The van der Waals surface area contributed by atoms with Gasteiger partial charge in [-0.2, -0.15) is 0 Å². The molecule has 1 aliphatic rings. The summed E-state index contributed by atoms with van der Waals surface area (Å²) in [6, 6.07) is 5.24. The lowest BCUT2D eigenvalue weighted by Gasteiger charge is -2.38. The summed E-state index contributed by atoms with van der Waals surface area (Å²) in [6.07, 6.45) is 3.76. The van der Waals surface area contributed by atoms with E-state index in [-0.39, 0.29) is 18.8 Å². The Bertz CT molecular complexity index is 1300. The van der Waals surface area contributed by atoms with Crippen LogP contribution < -0.4 is 0 Å². The summed E-state index contributed by atoms with van der Waals surface area (Å²) in [5.74, 6) is -1.90. The topological polar surface area (TPSA) is 104 Å². The predicted molar refractivity (Wildman–Crippen MR) is 147 cm³/mol. The van der Waals surface area contributed by atoms with Gasteiger partial charge in [0.05, 0.1) is 5.25 Å². The summed E-state index contributed by atoms with van der Waals surface area (Å²) in [5, 5.41) is -1.19. The maximum atomic E-state index is 14.8. The van der Waals surface area contributed by atoms with Crippen LogP contribution in [0.5, 0.6) is 0 Å². The zero-order valence-corrected chi connectivity index (χ0v) is 24.6. The zero-order chi connectivity index (χ0) is 29.5. The van der Waals surface area contributed by atoms with E-state index in [9.17, 15) is 27.2 Å². The molecule has 0 saturated carbocycles. The fraction of sp³-hybridized carbons (Fsp3) is 0.500. The first kappa shape index (κ1) is 32.1. The summed E-state index contributed by atoms with van der Waals surface area (Å²) in [6.45, 7) is 11.6. The number of carbonyl (C=O) groups excluding carboxylic acids is 3. The van der Waals surface area contributed by atoms with Crippen molar-refractivity contribution in [1.29, 1.82) is 0 Å². The van der Waals surface area contributed by atoms with Crippen molar-refractivity contribution in [2.24, 2.45) is 5.41 Å². The molecule has 1 aromatic carbocycles. The number of allylic oxidation sites excluding steroid dienone is 2. The van der Waals surface area contributed by atoms with Crippen LogP contribution in [0.1, 0.15) is 74.1 Å². The van der Waals surface area contributed by atoms with Gasteiger partial charge >= 0.3 is 11.9 Å². The first-order chi connectivity index (χ1) is 18.1. The Morgan fingerprint density at radius 3 is 2.28 bits per heavy atom. The smallest absolute Gasteiger partial charge is 0.303 e. The molecule has 0 amide bonds. The molecule has 1 aromatic rings. The van der Waals surface area contributed by atoms with Gasteiger partial charge in [-0.15, -0.1) is 0 Å². The van der Waals surface area contributed by atoms with Gasteiger partial charge in [0.15, 0.2) is 15.6 Å². The van der Waals surface area contributed by atoms with Gasteiger partial charge in [0.25, 0.3) is 0 Å². The third kappa shape index (κ3) is 8.71. The van der Waals surface area contributed by atoms with Gasteiger partial charge in [0.1, 0.15) is 23.4 Å². The first-order valence-corrected chi connectivity index (χ1v) is 14.5. The van der Waals surface area contributed by atoms with Gasteiger partial charge in [0, 0.05) is 26.7 Å². The van der Waals surface area contributed by atoms with Crippen LogP contribution in [0.2, 0.25) is 0 Å². The number of sulfone groups is 1. The lowest BCUT2D eigenvalue weighted by molar-refractivity contribution is -0.144. The number of ketones is 1. The molecule has 2 rings (SSSR count). The summed E-state index contributed by atoms with van der Waals surface area (Å²) >= 11 is 0. The molecule has 0 N–H and O–H groups in total. The molecule has 0 spiro atoms. The van der Waals surface area contributed by atoms with Crippen LogP contribution in [0.4, 0.5) is 4.39 Å². The van der Waals surface area contributed by atoms with E-state index in [1.807, 2.05) is 13.8 Å². The highest BCUT2D eigenvalue weighted by Gasteiger charge is 2.43. The Kier molecular flexibility index (Phi) is 11.0. The van der Waals surface area contributed by atoms with Gasteiger partial charge in [0.2, 0.25) is 0 Å². The van der Waals surface area contributed by atoms with E-state index in [1.54, 1.807) is 32.9 Å². The zero-order valence-electron chi connectivity index (χ0n) is 23.8. The fourth-order valence-corrected chi connectivity index (χ4v) is 7.21. The fourth-order valence-electron chi connectivity index (χ4n) is 5.01. The number of Topliss-reactive ketones (excluding diaryl/α,β-unsaturated/α-hetero) is 1. The average molecular weight is 563 g/mol. The van der Waals surface area contributed by atoms with Gasteiger partial charge in [-0.25, -0.2) is 12.8 Å². The van der Waals surface area contributed by atoms with Crippen molar-refractivity contribution in [3.63, 3.8) is 0 Å². The maximum Gasteiger partial charge on any atom is 0.303 e. The van der Waals surface area contributed by atoms with E-state index in [4.69, 9.17) is 9.47 Å². The Hall–Kier alpha value is -3.07. The Morgan fingerprint density at radius 1 is 1.05 bits per heavy atom. The van der Waals surface area contributed by atoms with Crippen LogP contribution in [-0.4, -0.2) is 44.1 Å². The molecule has 0 heterocycles. The standard InChI is InChI=1S/C30H39FO7S/c1-19(13-15-37-22(4)32)16-24(38-23(5)33)17-20(2)18-28(29-21(3)26(34)12-14-30(29,6)7)39(35,36)27-11-9-8-10-25(27)31/h8-11,13,17,24,28H,12,14-16,18H2,1-7H3/b19-13+,20-17+. The van der Waals surface area contributed by atoms with E-state index in [2.05, 4.69) is 0 Å². The van der Waals surface area contributed by atoms with Gasteiger partial charge < -0.3 is 9.47 Å². The summed E-state index contributed by atoms with van der Waals surface area (Å²) in [5.41, 5.74) is 1.68. The van der Waals surface area contributed by atoms with E-state index in [0.29, 0.717) is 36.0 Å². The van der Waals surface area contributed by atoms with Crippen molar-refractivity contribution >= 4 is 27.6 Å². The first-order valence-electron chi connectivity index (χ1n) is 12.9. The van der Waals surface area contributed by atoms with E-state index < -0.39 is 49.3 Å². The minimum Gasteiger partial charge on any atom is -0.462 e. The predicted octanol–water partition coefficient (Wildman–Crippen LogP) is 5.84. The number of benzene rings is 1. The Morgan fingerprint density at radius 2 is 1.69 bits per heavy atom. The molecular formula is C30H39FO7S. The largest absolute Gasteiger partial charge is 0.462 e. The Labute approximate surface area is 231 Å². The quantitative estimate of drug-likeness (QED) is 0.246. The summed E-state index contributed by atoms with van der Waals surface area (Å²) in [7, 11) is -4.25. The van der Waals surface area contributed by atoms with Crippen LogP contribution >= 0.6 is 0 Å². The molecule has 0 radical (unpaired) electrons. The normalized spacial score (nSPS) is 18.0. The van der Waals surface area contributed by atoms with Crippen molar-refractivity contribution in [2.75, 3.05) is 6.61 Å². The molecule has 0 bridgehead atoms. The molecule has 0 saturated heterocycles. The van der Waals surface area contributed by atoms with Crippen molar-refractivity contribution in [2.45, 2.75) is 90.4 Å². The third-order valence-electron chi connectivity index (χ3n) is 6.90. The number of halogens is 1. The summed E-state index contributed by atoms with van der Waals surface area (Å²) in [4.78, 5) is 35.2. The molecule has 2 atom stereocenters. The second kappa shape index (κ2) is 13.3. The van der Waals surface area contributed by atoms with E-state index in [0.717, 1.165) is 11.6 Å². The molecule has 1 aliphatic carbocycles. The monoisotopic (exact) mass is 562 g/mol. The molecule has 39 heavy (non-hydrogen) atoms. The minimum absolute atomic E-state index is 0.0198. The lowest BCUT2D eigenvalue weighted by atomic mass is 9.70. The molecule has 2 unspecified atom stereocenters. The van der Waals surface area contributed by atoms with Crippen molar-refractivity contribution in [3.05, 3.63) is 64.5 Å². The van der Waals surface area contributed by atoms with Crippen LogP contribution in [0.3, 0.4) is 0 Å². The minimum atomic E-state index is -4.25. The van der Waals surface area contributed by atoms with Gasteiger partial charge in [-0.1, -0.05) is 37.1 Å². The highest BCUT2D eigenvalue weighted by molar-refractivity contribution is 7.92. The van der Waals surface area contributed by atoms with Crippen LogP contribution in [0.25, 0.3) is 0 Å². The van der Waals surface area contributed by atoms with Crippen LogP contribution in [0.15, 0.2) is 63.6 Å². The van der Waals surface area contributed by atoms with Crippen LogP contribution in [0, 0.1) is 11.2 Å². The lowest BCUT2D eigenvalue weighted by Crippen LogP contribution is -2.37. The second-order valence-electron chi connectivity index (χ2n) is 10.7. The molecule has 7 nitrogen and oxygen atoms in total. The number of carbonyl (C=O) groups is 3. The van der Waals surface area contributed by atoms with Gasteiger partial charge in [-0.05, 0) is 74.5 Å². The third-order valence-corrected chi connectivity index (χ3v) is 9.00. The Balaban J connectivity index is 2.56. The summed E-state index contributed by atoms with van der Waals surface area (Å²) < 4.78 is 53.2. The van der Waals surface area contributed by atoms with E-state index in [1.165, 1.54) is 32.0 Å². The van der Waals surface area contributed by atoms with Crippen molar-refractivity contribution < 1.29 is 36.7 Å². The molecule has 9 heteroatoms. The maximum absolute atomic E-state index is 14.8. The molecule has 214 valence electrons. The number of rotatable bonds is 11. The highest BCUT2D eigenvalue weighted by Crippen LogP contribution is 2.45. The number of ether oxygens (including phenoxy) is 2. The number of hydrogen-bond acceptors (Lipinski definition) is 7. The average Bonchev–Trinajstić information content (AvgIpc) is 2.80. The second-order valence-corrected chi connectivity index (χ2v) is 12.8. The number of hydrogen-bond donors (Lipinski definition) is 0. The SMILES string of the molecule is CC(=O)OC/C=C(\C)CC(/C=C(\C)CC(C1=C(C)C(=O)CCC1(C)C)S(=O)(=O)c1ccccc1F)OC(C)=O. The van der Waals surface area contributed by atoms with Crippen LogP contribution in [-0.2, 0) is 33.7 Å². The van der Waals surface area contributed by atoms with Gasteiger partial charge in [-0.3, -0.25) is 14.4 Å². The molecule has 0 fully saturated rings. The van der Waals surface area contributed by atoms with E-state index >= 15 is 0 Å². The highest BCUT2D eigenvalue weighted by atomic mass is 32.2. The van der Waals surface area contributed by atoms with Crippen molar-refractivity contribution in [3.8, 4) is 0 Å². The van der Waals surface area contributed by atoms with Crippen molar-refractivity contribution in [1.82, 2.24) is 0 Å². The number of esters is 2. The molecule has 0 aromatic heterocycles.